The van der Waals surface area contributed by atoms with E-state index in [1.54, 1.807) is 0 Å². The molecule has 0 spiro atoms. The molecule has 0 saturated heterocycles. The highest BCUT2D eigenvalue weighted by molar-refractivity contribution is 7.91. The van der Waals surface area contributed by atoms with Gasteiger partial charge in [0.15, 0.2) is 0 Å². The molecule has 1 unspecified atom stereocenters. The Hall–Kier alpha value is -1.45. The fourth-order valence-electron chi connectivity index (χ4n) is 1.18. The van der Waals surface area contributed by atoms with E-state index in [4.69, 9.17) is 5.11 Å². The van der Waals surface area contributed by atoms with E-state index in [-0.39, 0.29) is 9.77 Å². The maximum Gasteiger partial charge on any atom is 0.338 e. The molecule has 1 aromatic heterocycles. The van der Waals surface area contributed by atoms with Crippen LogP contribution in [0.5, 0.6) is 0 Å². The average Bonchev–Trinajstić information content (AvgIpc) is 2.85. The number of carbonyl (C=O) groups is 2. The maximum atomic E-state index is 12.1. The minimum atomic E-state index is -3.94. The second-order valence-electron chi connectivity index (χ2n) is 3.68. The van der Waals surface area contributed by atoms with Crippen LogP contribution in [0.4, 0.5) is 0 Å². The fraction of sp³-hybridized carbons (Fsp3) is 0.400. The van der Waals surface area contributed by atoms with Gasteiger partial charge in [0.05, 0.1) is 12.7 Å². The number of hydrogen-bond donors (Lipinski definition) is 1. The number of ether oxygens (including phenoxy) is 1. The predicted molar refractivity (Wildman–Crippen MR) is 67.7 cm³/mol. The van der Waals surface area contributed by atoms with E-state index in [1.807, 2.05) is 0 Å². The molecular formula is C10H13NO6S2. The molecule has 1 heterocycles. The molecule has 0 radical (unpaired) electrons. The standard InChI is InChI=1S/C10H13NO6S2/c1-6(9(12)13)11(2)19(15,16)8-4-7(5-18-8)10(14)17-3/h4-6H,1-3H3,(H,12,13). The van der Waals surface area contributed by atoms with Crippen molar-refractivity contribution in [3.63, 3.8) is 0 Å². The van der Waals surface area contributed by atoms with Gasteiger partial charge in [-0.15, -0.1) is 11.3 Å². The van der Waals surface area contributed by atoms with Crippen LogP contribution in [0.1, 0.15) is 17.3 Å². The quantitative estimate of drug-likeness (QED) is 0.801. The zero-order chi connectivity index (χ0) is 14.8. The summed E-state index contributed by atoms with van der Waals surface area (Å²) in [4.78, 5) is 22.0. The van der Waals surface area contributed by atoms with Crippen molar-refractivity contribution in [2.24, 2.45) is 0 Å². The second kappa shape index (κ2) is 5.68. The number of likely N-dealkylation sites (N-methyl/N-ethyl adjacent to an activating group) is 1. The number of carboxylic acid groups (broad SMARTS) is 1. The van der Waals surface area contributed by atoms with Gasteiger partial charge in [-0.1, -0.05) is 0 Å². The largest absolute Gasteiger partial charge is 0.480 e. The molecule has 0 bridgehead atoms. The lowest BCUT2D eigenvalue weighted by atomic mass is 10.3. The Kier molecular flexibility index (Phi) is 4.66. The Balaban J connectivity index is 3.10. The number of carboxylic acids is 1. The zero-order valence-electron chi connectivity index (χ0n) is 10.5. The van der Waals surface area contributed by atoms with E-state index >= 15 is 0 Å². The Morgan fingerprint density at radius 2 is 2.05 bits per heavy atom. The lowest BCUT2D eigenvalue weighted by Crippen LogP contribution is -2.39. The summed E-state index contributed by atoms with van der Waals surface area (Å²) in [6.07, 6.45) is 0. The monoisotopic (exact) mass is 307 g/mol. The number of carbonyl (C=O) groups excluding carboxylic acids is 1. The van der Waals surface area contributed by atoms with Crippen molar-refractivity contribution in [1.82, 2.24) is 4.31 Å². The molecule has 0 aliphatic rings. The summed E-state index contributed by atoms with van der Waals surface area (Å²) >= 11 is 0.834. The van der Waals surface area contributed by atoms with Gasteiger partial charge in [-0.2, -0.15) is 4.31 Å². The van der Waals surface area contributed by atoms with Crippen molar-refractivity contribution in [2.45, 2.75) is 17.2 Å². The summed E-state index contributed by atoms with van der Waals surface area (Å²) < 4.78 is 29.4. The highest BCUT2D eigenvalue weighted by Crippen LogP contribution is 2.24. The second-order valence-corrected chi connectivity index (χ2v) is 6.82. The van der Waals surface area contributed by atoms with E-state index in [0.717, 1.165) is 21.7 Å². The molecular weight excluding hydrogens is 294 g/mol. The van der Waals surface area contributed by atoms with E-state index in [0.29, 0.717) is 0 Å². The molecule has 0 amide bonds. The topological polar surface area (TPSA) is 101 Å². The van der Waals surface area contributed by atoms with Gasteiger partial charge in [-0.05, 0) is 13.0 Å². The van der Waals surface area contributed by atoms with Crippen LogP contribution in [0.2, 0.25) is 0 Å². The number of rotatable bonds is 5. The molecule has 0 aromatic carbocycles. The predicted octanol–water partition coefficient (Wildman–Crippen LogP) is 0.628. The summed E-state index contributed by atoms with van der Waals surface area (Å²) in [6, 6.07) is -0.0367. The normalized spacial score (nSPS) is 13.3. The summed E-state index contributed by atoms with van der Waals surface area (Å²) in [5.41, 5.74) is 0.113. The molecule has 7 nitrogen and oxygen atoms in total. The summed E-state index contributed by atoms with van der Waals surface area (Å²) in [5, 5.41) is 10.2. The van der Waals surface area contributed by atoms with Crippen molar-refractivity contribution < 1.29 is 27.9 Å². The Morgan fingerprint density at radius 3 is 2.53 bits per heavy atom. The minimum Gasteiger partial charge on any atom is -0.480 e. The molecule has 0 aliphatic heterocycles. The van der Waals surface area contributed by atoms with Gasteiger partial charge >= 0.3 is 11.9 Å². The molecule has 9 heteroatoms. The first-order valence-electron chi connectivity index (χ1n) is 5.09. The van der Waals surface area contributed by atoms with Crippen LogP contribution in [-0.4, -0.2) is 50.0 Å². The number of thiophene rings is 1. The number of hydrogen-bond acceptors (Lipinski definition) is 6. The van der Waals surface area contributed by atoms with Crippen molar-refractivity contribution >= 4 is 33.3 Å². The zero-order valence-corrected chi connectivity index (χ0v) is 12.1. The Labute approximate surface area is 114 Å². The van der Waals surface area contributed by atoms with Crippen LogP contribution in [-0.2, 0) is 19.6 Å². The minimum absolute atomic E-state index is 0.108. The third-order valence-corrected chi connectivity index (χ3v) is 5.88. The van der Waals surface area contributed by atoms with E-state index in [2.05, 4.69) is 4.74 Å². The van der Waals surface area contributed by atoms with Crippen LogP contribution in [0.25, 0.3) is 0 Å². The van der Waals surface area contributed by atoms with E-state index in [1.165, 1.54) is 26.5 Å². The van der Waals surface area contributed by atoms with Crippen LogP contribution < -0.4 is 0 Å². The van der Waals surface area contributed by atoms with Crippen LogP contribution >= 0.6 is 11.3 Å². The SMILES string of the molecule is COC(=O)c1csc(S(=O)(=O)N(C)C(C)C(=O)O)c1. The Bertz CT molecular complexity index is 591. The summed E-state index contributed by atoms with van der Waals surface area (Å²) in [7, 11) is -1.58. The number of methoxy groups -OCH3 is 1. The fourth-order valence-corrected chi connectivity index (χ4v) is 3.83. The van der Waals surface area contributed by atoms with E-state index in [9.17, 15) is 18.0 Å². The third-order valence-electron chi connectivity index (χ3n) is 2.53. The van der Waals surface area contributed by atoms with Crippen molar-refractivity contribution in [1.29, 1.82) is 0 Å². The average molecular weight is 307 g/mol. The van der Waals surface area contributed by atoms with Gasteiger partial charge in [0, 0.05) is 12.4 Å². The van der Waals surface area contributed by atoms with Gasteiger partial charge < -0.3 is 9.84 Å². The molecule has 1 aromatic rings. The summed E-state index contributed by atoms with van der Waals surface area (Å²) in [5.74, 6) is -1.90. The van der Waals surface area contributed by atoms with Gasteiger partial charge in [0.1, 0.15) is 10.3 Å². The lowest BCUT2D eigenvalue weighted by Gasteiger charge is -2.19. The van der Waals surface area contributed by atoms with Crippen LogP contribution in [0, 0.1) is 0 Å². The lowest BCUT2D eigenvalue weighted by molar-refractivity contribution is -0.140. The molecule has 1 N–H and O–H groups in total. The molecule has 0 saturated carbocycles. The number of sulfonamides is 1. The Morgan fingerprint density at radius 1 is 1.47 bits per heavy atom. The molecule has 19 heavy (non-hydrogen) atoms. The first kappa shape index (κ1) is 15.6. The molecule has 1 rings (SSSR count). The van der Waals surface area contributed by atoms with Gasteiger partial charge in [-0.25, -0.2) is 13.2 Å². The van der Waals surface area contributed by atoms with E-state index < -0.39 is 28.0 Å². The van der Waals surface area contributed by atoms with Crippen LogP contribution in [0.3, 0.4) is 0 Å². The van der Waals surface area contributed by atoms with Gasteiger partial charge in [0.25, 0.3) is 10.0 Å². The van der Waals surface area contributed by atoms with Crippen molar-refractivity contribution in [3.8, 4) is 0 Å². The molecule has 106 valence electrons. The van der Waals surface area contributed by atoms with Gasteiger partial charge in [-0.3, -0.25) is 4.79 Å². The van der Waals surface area contributed by atoms with Gasteiger partial charge in [0.2, 0.25) is 0 Å². The maximum absolute atomic E-state index is 12.1. The third kappa shape index (κ3) is 3.11. The summed E-state index contributed by atoms with van der Waals surface area (Å²) in [6.45, 7) is 1.26. The van der Waals surface area contributed by atoms with Crippen molar-refractivity contribution in [3.05, 3.63) is 17.0 Å². The number of aliphatic carboxylic acids is 1. The van der Waals surface area contributed by atoms with Crippen molar-refractivity contribution in [2.75, 3.05) is 14.2 Å². The molecule has 0 aliphatic carbocycles. The van der Waals surface area contributed by atoms with Crippen LogP contribution in [0.15, 0.2) is 15.7 Å². The highest BCUT2D eigenvalue weighted by atomic mass is 32.2. The highest BCUT2D eigenvalue weighted by Gasteiger charge is 2.31. The first-order valence-corrected chi connectivity index (χ1v) is 7.41. The smallest absolute Gasteiger partial charge is 0.338 e. The molecule has 1 atom stereocenters. The molecule has 0 fully saturated rings. The number of nitrogens with zero attached hydrogens (tertiary/aromatic N) is 1. The first-order chi connectivity index (χ1) is 8.71. The number of esters is 1.